The number of thiophene rings is 1. The highest BCUT2D eigenvalue weighted by atomic mass is 79.9. The molecule has 0 atom stereocenters. The van der Waals surface area contributed by atoms with Gasteiger partial charge in [0.15, 0.2) is 5.84 Å². The van der Waals surface area contributed by atoms with Crippen LogP contribution in [0.25, 0.3) is 0 Å². The highest BCUT2D eigenvalue weighted by Gasteiger charge is 2.14. The molecule has 5 nitrogen and oxygen atoms in total. The molecule has 1 aromatic heterocycles. The van der Waals surface area contributed by atoms with Crippen LogP contribution in [-0.4, -0.2) is 17.0 Å². The molecule has 0 saturated heterocycles. The number of oxime groups is 1. The summed E-state index contributed by atoms with van der Waals surface area (Å²) in [6, 6.07) is 7.00. The molecular formula is C12H9BrFN3O2S. The van der Waals surface area contributed by atoms with Crippen LogP contribution in [0.3, 0.4) is 0 Å². The van der Waals surface area contributed by atoms with Crippen LogP contribution in [0.2, 0.25) is 0 Å². The van der Waals surface area contributed by atoms with Crippen LogP contribution in [0.15, 0.2) is 39.3 Å². The molecule has 0 radical (unpaired) electrons. The third-order valence-electron chi connectivity index (χ3n) is 2.41. The topological polar surface area (TPSA) is 87.7 Å². The molecule has 0 spiro atoms. The summed E-state index contributed by atoms with van der Waals surface area (Å²) in [6.07, 6.45) is 0. The van der Waals surface area contributed by atoms with Gasteiger partial charge in [0.25, 0.3) is 5.91 Å². The number of nitrogens with one attached hydrogen (secondary N) is 1. The first-order valence-electron chi connectivity index (χ1n) is 5.35. The number of benzene rings is 1. The van der Waals surface area contributed by atoms with Crippen molar-refractivity contribution >= 4 is 44.7 Å². The fraction of sp³-hybridized carbons (Fsp3) is 0. The fourth-order valence-corrected chi connectivity index (χ4v) is 2.79. The van der Waals surface area contributed by atoms with Crippen LogP contribution in [-0.2, 0) is 0 Å². The molecule has 1 heterocycles. The molecule has 1 amide bonds. The summed E-state index contributed by atoms with van der Waals surface area (Å²) in [7, 11) is 0. The largest absolute Gasteiger partial charge is 0.409 e. The van der Waals surface area contributed by atoms with Gasteiger partial charge in [0.1, 0.15) is 5.82 Å². The predicted octanol–water partition coefficient (Wildman–Crippen LogP) is 3.00. The zero-order valence-corrected chi connectivity index (χ0v) is 12.3. The smallest absolute Gasteiger partial charge is 0.265 e. The van der Waals surface area contributed by atoms with Crippen LogP contribution in [0, 0.1) is 5.82 Å². The second-order valence-corrected chi connectivity index (χ2v) is 6.20. The number of nitrogens with two attached hydrogens (primary N) is 1. The molecule has 0 aliphatic rings. The van der Waals surface area contributed by atoms with Crippen molar-refractivity contribution in [3.05, 3.63) is 50.4 Å². The average molecular weight is 358 g/mol. The molecule has 2 aromatic rings. The van der Waals surface area contributed by atoms with E-state index >= 15 is 0 Å². The molecule has 2 rings (SSSR count). The number of halogens is 2. The van der Waals surface area contributed by atoms with E-state index in [1.165, 1.54) is 23.5 Å². The van der Waals surface area contributed by atoms with Gasteiger partial charge in [0.05, 0.1) is 14.4 Å². The molecule has 8 heteroatoms. The Morgan fingerprint density at radius 2 is 2.15 bits per heavy atom. The molecule has 0 aliphatic heterocycles. The van der Waals surface area contributed by atoms with Crippen LogP contribution in [0.4, 0.5) is 10.1 Å². The summed E-state index contributed by atoms with van der Waals surface area (Å²) < 4.78 is 14.0. The Balaban J connectivity index is 2.32. The van der Waals surface area contributed by atoms with Gasteiger partial charge in [0, 0.05) is 5.56 Å². The first-order chi connectivity index (χ1) is 9.51. The van der Waals surface area contributed by atoms with Gasteiger partial charge in [-0.2, -0.15) is 0 Å². The Bertz CT molecular complexity index is 687. The number of hydrogen-bond acceptors (Lipinski definition) is 4. The lowest BCUT2D eigenvalue weighted by Gasteiger charge is -2.09. The number of amides is 1. The highest BCUT2D eigenvalue weighted by molar-refractivity contribution is 9.11. The number of hydrogen-bond donors (Lipinski definition) is 3. The van der Waals surface area contributed by atoms with Crippen LogP contribution in [0.1, 0.15) is 15.2 Å². The molecule has 4 N–H and O–H groups in total. The highest BCUT2D eigenvalue weighted by Crippen LogP contribution is 2.24. The molecule has 1 aromatic carbocycles. The maximum atomic E-state index is 13.2. The normalized spacial score (nSPS) is 11.4. The quantitative estimate of drug-likeness (QED) is 0.341. The second-order valence-electron chi connectivity index (χ2n) is 3.73. The summed E-state index contributed by atoms with van der Waals surface area (Å²) in [5.74, 6) is -1.20. The summed E-state index contributed by atoms with van der Waals surface area (Å²) in [5.41, 5.74) is 5.83. The SMILES string of the molecule is N/C(=N/O)c1cc(F)ccc1NC(=O)c1ccc(Br)s1. The van der Waals surface area contributed by atoms with E-state index in [2.05, 4.69) is 26.4 Å². The van der Waals surface area contributed by atoms with Crippen LogP contribution in [0.5, 0.6) is 0 Å². The number of carbonyl (C=O) groups excluding carboxylic acids is 1. The molecule has 0 saturated carbocycles. The van der Waals surface area contributed by atoms with Crippen molar-refractivity contribution in [2.75, 3.05) is 5.32 Å². The minimum Gasteiger partial charge on any atom is -0.409 e. The van der Waals surface area contributed by atoms with Crippen molar-refractivity contribution in [1.29, 1.82) is 0 Å². The molecule has 0 aliphatic carbocycles. The van der Waals surface area contributed by atoms with Crippen LogP contribution >= 0.6 is 27.3 Å². The van der Waals surface area contributed by atoms with Gasteiger partial charge >= 0.3 is 0 Å². The van der Waals surface area contributed by atoms with E-state index in [9.17, 15) is 9.18 Å². The van der Waals surface area contributed by atoms with E-state index < -0.39 is 5.82 Å². The Morgan fingerprint density at radius 3 is 2.75 bits per heavy atom. The van der Waals surface area contributed by atoms with Crippen molar-refractivity contribution in [2.45, 2.75) is 0 Å². The van der Waals surface area contributed by atoms with Gasteiger partial charge < -0.3 is 16.3 Å². The molecule has 0 unspecified atom stereocenters. The van der Waals surface area contributed by atoms with Crippen molar-refractivity contribution in [3.8, 4) is 0 Å². The minimum absolute atomic E-state index is 0.108. The summed E-state index contributed by atoms with van der Waals surface area (Å²) >= 11 is 4.52. The lowest BCUT2D eigenvalue weighted by Crippen LogP contribution is -2.19. The van der Waals surface area contributed by atoms with Crippen molar-refractivity contribution in [3.63, 3.8) is 0 Å². The predicted molar refractivity (Wildman–Crippen MR) is 78.9 cm³/mol. The molecule has 0 fully saturated rings. The monoisotopic (exact) mass is 357 g/mol. The van der Waals surface area contributed by atoms with Crippen molar-refractivity contribution < 1.29 is 14.4 Å². The average Bonchev–Trinajstić information content (AvgIpc) is 2.86. The van der Waals surface area contributed by atoms with E-state index in [-0.39, 0.29) is 23.0 Å². The van der Waals surface area contributed by atoms with Gasteiger partial charge in [0.2, 0.25) is 0 Å². The molecule has 20 heavy (non-hydrogen) atoms. The summed E-state index contributed by atoms with van der Waals surface area (Å²) in [4.78, 5) is 12.5. The number of amidine groups is 1. The Hall–Kier alpha value is -1.93. The van der Waals surface area contributed by atoms with Gasteiger partial charge in [-0.1, -0.05) is 5.16 Å². The number of carbonyl (C=O) groups is 1. The second kappa shape index (κ2) is 6.02. The standard InChI is InChI=1S/C12H9BrFN3O2S/c13-10-4-3-9(20-10)12(18)16-8-2-1-6(14)5-7(8)11(15)17-19/h1-5,19H,(H2,15,17)(H,16,18). The maximum absolute atomic E-state index is 13.2. The van der Waals surface area contributed by atoms with Crippen molar-refractivity contribution in [2.24, 2.45) is 10.9 Å². The lowest BCUT2D eigenvalue weighted by atomic mass is 10.1. The molecular weight excluding hydrogens is 349 g/mol. The lowest BCUT2D eigenvalue weighted by molar-refractivity contribution is 0.103. The first-order valence-corrected chi connectivity index (χ1v) is 6.96. The number of rotatable bonds is 3. The third kappa shape index (κ3) is 3.14. The van der Waals surface area contributed by atoms with Gasteiger partial charge in [-0.25, -0.2) is 4.39 Å². The van der Waals surface area contributed by atoms with Gasteiger partial charge in [-0.3, -0.25) is 4.79 Å². The first kappa shape index (κ1) is 14.5. The van der Waals surface area contributed by atoms with Gasteiger partial charge in [-0.05, 0) is 46.3 Å². The van der Waals surface area contributed by atoms with E-state index in [4.69, 9.17) is 10.9 Å². The zero-order chi connectivity index (χ0) is 14.7. The zero-order valence-electron chi connectivity index (χ0n) is 9.93. The minimum atomic E-state index is -0.552. The maximum Gasteiger partial charge on any atom is 0.265 e. The van der Waals surface area contributed by atoms with Crippen molar-refractivity contribution in [1.82, 2.24) is 0 Å². The summed E-state index contributed by atoms with van der Waals surface area (Å²) in [5, 5.41) is 14.1. The Labute approximate surface area is 126 Å². The Morgan fingerprint density at radius 1 is 1.40 bits per heavy atom. The van der Waals surface area contributed by atoms with E-state index in [0.717, 1.165) is 9.85 Å². The van der Waals surface area contributed by atoms with Crippen LogP contribution < -0.4 is 11.1 Å². The van der Waals surface area contributed by atoms with E-state index in [0.29, 0.717) is 4.88 Å². The summed E-state index contributed by atoms with van der Waals surface area (Å²) in [6.45, 7) is 0. The number of nitrogens with zero attached hydrogens (tertiary/aromatic N) is 1. The Kier molecular flexibility index (Phi) is 4.35. The van der Waals surface area contributed by atoms with Gasteiger partial charge in [-0.15, -0.1) is 11.3 Å². The molecule has 0 bridgehead atoms. The molecule has 104 valence electrons. The number of anilines is 1. The third-order valence-corrected chi connectivity index (χ3v) is 4.03. The fourth-order valence-electron chi connectivity index (χ4n) is 1.51. The van der Waals surface area contributed by atoms with E-state index in [1.54, 1.807) is 12.1 Å². The van der Waals surface area contributed by atoms with E-state index in [1.807, 2.05) is 0 Å².